The topological polar surface area (TPSA) is 56.6 Å². The van der Waals surface area contributed by atoms with E-state index in [-0.39, 0.29) is 17.3 Å². The van der Waals surface area contributed by atoms with Gasteiger partial charge in [0.25, 0.3) is 5.91 Å². The molecule has 6 heteroatoms. The van der Waals surface area contributed by atoms with Gasteiger partial charge in [-0.1, -0.05) is 6.07 Å². The van der Waals surface area contributed by atoms with Gasteiger partial charge in [0.1, 0.15) is 17.5 Å². The number of morpholine rings is 1. The average Bonchev–Trinajstić information content (AvgIpc) is 3.14. The largest absolute Gasteiger partial charge is 0.378 e. The number of benzene rings is 1. The van der Waals surface area contributed by atoms with Gasteiger partial charge in [-0.2, -0.15) is 5.26 Å². The molecule has 1 amide bonds. The summed E-state index contributed by atoms with van der Waals surface area (Å²) in [6, 6.07) is 6.79. The van der Waals surface area contributed by atoms with Crippen molar-refractivity contribution in [2.45, 2.75) is 12.8 Å². The van der Waals surface area contributed by atoms with E-state index in [9.17, 15) is 14.4 Å². The van der Waals surface area contributed by atoms with E-state index in [0.29, 0.717) is 37.6 Å². The fourth-order valence-electron chi connectivity index (χ4n) is 3.07. The van der Waals surface area contributed by atoms with Crippen LogP contribution in [0, 0.1) is 17.1 Å². The van der Waals surface area contributed by atoms with E-state index in [4.69, 9.17) is 4.74 Å². The minimum absolute atomic E-state index is 0.0187. The second kappa shape index (κ2) is 7.45. The fourth-order valence-corrected chi connectivity index (χ4v) is 3.07. The van der Waals surface area contributed by atoms with Gasteiger partial charge in [0.2, 0.25) is 0 Å². The monoisotopic (exact) mass is 329 g/mol. The van der Waals surface area contributed by atoms with E-state index in [2.05, 4.69) is 0 Å². The van der Waals surface area contributed by atoms with Gasteiger partial charge >= 0.3 is 0 Å². The highest BCUT2D eigenvalue weighted by Crippen LogP contribution is 2.25. The molecular formula is C18H20FN3O2. The van der Waals surface area contributed by atoms with Crippen LogP contribution in [0.3, 0.4) is 0 Å². The maximum Gasteiger partial charge on any atom is 0.264 e. The SMILES string of the molecule is N#C/C(=C/c1ccc(N2CCCC2)c(F)c1)C(=O)N1CCOCC1. The number of anilines is 1. The molecule has 1 aromatic carbocycles. The zero-order valence-corrected chi connectivity index (χ0v) is 13.5. The summed E-state index contributed by atoms with van der Waals surface area (Å²) in [5.74, 6) is -0.647. The molecule has 3 rings (SSSR count). The van der Waals surface area contributed by atoms with Gasteiger partial charge in [0.15, 0.2) is 0 Å². The van der Waals surface area contributed by atoms with Crippen molar-refractivity contribution >= 4 is 17.7 Å². The van der Waals surface area contributed by atoms with Gasteiger partial charge in [-0.05, 0) is 36.6 Å². The lowest BCUT2D eigenvalue weighted by atomic mass is 10.1. The van der Waals surface area contributed by atoms with Crippen LogP contribution in [0.4, 0.5) is 10.1 Å². The van der Waals surface area contributed by atoms with Crippen molar-refractivity contribution in [3.63, 3.8) is 0 Å². The number of carbonyl (C=O) groups is 1. The van der Waals surface area contributed by atoms with Crippen molar-refractivity contribution < 1.29 is 13.9 Å². The number of rotatable bonds is 3. The average molecular weight is 329 g/mol. The quantitative estimate of drug-likeness (QED) is 0.630. The Hall–Kier alpha value is -2.39. The normalized spacial score (nSPS) is 18.6. The Kier molecular flexibility index (Phi) is 5.11. The van der Waals surface area contributed by atoms with E-state index in [1.54, 1.807) is 17.0 Å². The number of hydrogen-bond acceptors (Lipinski definition) is 4. The Labute approximate surface area is 140 Å². The van der Waals surface area contributed by atoms with Crippen LogP contribution < -0.4 is 4.90 Å². The first-order valence-corrected chi connectivity index (χ1v) is 8.22. The first-order valence-electron chi connectivity index (χ1n) is 8.22. The lowest BCUT2D eigenvalue weighted by Crippen LogP contribution is -2.41. The van der Waals surface area contributed by atoms with Gasteiger partial charge in [-0.25, -0.2) is 4.39 Å². The summed E-state index contributed by atoms with van der Waals surface area (Å²) < 4.78 is 19.6. The lowest BCUT2D eigenvalue weighted by molar-refractivity contribution is -0.130. The number of ether oxygens (including phenoxy) is 1. The Bertz CT molecular complexity index is 684. The third-order valence-electron chi connectivity index (χ3n) is 4.38. The molecule has 0 N–H and O–H groups in total. The Morgan fingerprint density at radius 3 is 2.54 bits per heavy atom. The molecule has 2 aliphatic heterocycles. The number of amides is 1. The number of hydrogen-bond donors (Lipinski definition) is 0. The molecule has 2 aliphatic rings. The smallest absolute Gasteiger partial charge is 0.264 e. The van der Waals surface area contributed by atoms with Crippen LogP contribution in [0.2, 0.25) is 0 Å². The predicted octanol–water partition coefficient (Wildman–Crippen LogP) is 2.19. The molecule has 0 aliphatic carbocycles. The van der Waals surface area contributed by atoms with Gasteiger partial charge in [-0.15, -0.1) is 0 Å². The summed E-state index contributed by atoms with van der Waals surface area (Å²) in [4.78, 5) is 16.0. The number of carbonyl (C=O) groups excluding carboxylic acids is 1. The lowest BCUT2D eigenvalue weighted by Gasteiger charge is -2.26. The van der Waals surface area contributed by atoms with E-state index >= 15 is 0 Å². The molecule has 2 fully saturated rings. The molecule has 0 atom stereocenters. The van der Waals surface area contributed by atoms with Crippen molar-refractivity contribution in [1.82, 2.24) is 4.90 Å². The third kappa shape index (κ3) is 3.57. The summed E-state index contributed by atoms with van der Waals surface area (Å²) in [5.41, 5.74) is 1.13. The van der Waals surface area contributed by atoms with Crippen LogP contribution >= 0.6 is 0 Å². The van der Waals surface area contributed by atoms with Gasteiger partial charge in [0.05, 0.1) is 18.9 Å². The third-order valence-corrected chi connectivity index (χ3v) is 4.38. The predicted molar refractivity (Wildman–Crippen MR) is 88.8 cm³/mol. The van der Waals surface area contributed by atoms with Crippen LogP contribution in [-0.4, -0.2) is 50.2 Å². The Morgan fingerprint density at radius 1 is 1.21 bits per heavy atom. The molecule has 0 radical (unpaired) electrons. The maximum atomic E-state index is 14.3. The fraction of sp³-hybridized carbons (Fsp3) is 0.444. The van der Waals surface area contributed by atoms with Crippen LogP contribution in [0.25, 0.3) is 6.08 Å². The van der Waals surface area contributed by atoms with Crippen molar-refractivity contribution in [3.8, 4) is 6.07 Å². The maximum absolute atomic E-state index is 14.3. The molecule has 0 bridgehead atoms. The highest BCUT2D eigenvalue weighted by atomic mass is 19.1. The van der Waals surface area contributed by atoms with E-state index in [0.717, 1.165) is 25.9 Å². The molecule has 5 nitrogen and oxygen atoms in total. The van der Waals surface area contributed by atoms with Crippen molar-refractivity contribution in [3.05, 3.63) is 35.2 Å². The first kappa shape index (κ1) is 16.5. The second-order valence-corrected chi connectivity index (χ2v) is 5.98. The van der Waals surface area contributed by atoms with E-state index < -0.39 is 0 Å². The van der Waals surface area contributed by atoms with Crippen LogP contribution in [0.15, 0.2) is 23.8 Å². The Balaban J connectivity index is 1.79. The molecule has 0 unspecified atom stereocenters. The van der Waals surface area contributed by atoms with E-state index in [1.165, 1.54) is 12.1 Å². The molecule has 2 saturated heterocycles. The van der Waals surface area contributed by atoms with Crippen LogP contribution in [0.5, 0.6) is 0 Å². The number of nitrogens with zero attached hydrogens (tertiary/aromatic N) is 3. The van der Waals surface area contributed by atoms with Gasteiger partial charge in [0, 0.05) is 26.2 Å². The van der Waals surface area contributed by atoms with Crippen LogP contribution in [0.1, 0.15) is 18.4 Å². The zero-order valence-electron chi connectivity index (χ0n) is 13.5. The summed E-state index contributed by atoms with van der Waals surface area (Å²) in [6.45, 7) is 3.63. The summed E-state index contributed by atoms with van der Waals surface area (Å²) in [7, 11) is 0. The summed E-state index contributed by atoms with van der Waals surface area (Å²) in [5, 5.41) is 9.29. The zero-order chi connectivity index (χ0) is 16.9. The van der Waals surface area contributed by atoms with Gasteiger partial charge in [-0.3, -0.25) is 4.79 Å². The molecule has 0 spiro atoms. The number of nitriles is 1. The Morgan fingerprint density at radius 2 is 1.92 bits per heavy atom. The molecule has 0 aromatic heterocycles. The highest BCUT2D eigenvalue weighted by molar-refractivity contribution is 6.01. The highest BCUT2D eigenvalue weighted by Gasteiger charge is 2.21. The molecule has 0 saturated carbocycles. The first-order chi connectivity index (χ1) is 11.7. The molecule has 1 aromatic rings. The standard InChI is InChI=1S/C18H20FN3O2/c19-16-12-14(3-4-17(16)21-5-1-2-6-21)11-15(13-20)18(23)22-7-9-24-10-8-22/h3-4,11-12H,1-2,5-10H2/b15-11-. The summed E-state index contributed by atoms with van der Waals surface area (Å²) >= 11 is 0. The second-order valence-electron chi connectivity index (χ2n) is 5.98. The van der Waals surface area contributed by atoms with Gasteiger partial charge < -0.3 is 14.5 Å². The minimum atomic E-state index is -0.329. The van der Waals surface area contributed by atoms with Crippen molar-refractivity contribution in [1.29, 1.82) is 5.26 Å². The van der Waals surface area contributed by atoms with Crippen molar-refractivity contribution in [2.24, 2.45) is 0 Å². The van der Waals surface area contributed by atoms with Crippen molar-refractivity contribution in [2.75, 3.05) is 44.3 Å². The molecule has 2 heterocycles. The molecular weight excluding hydrogens is 309 g/mol. The molecule has 126 valence electrons. The van der Waals surface area contributed by atoms with Crippen LogP contribution in [-0.2, 0) is 9.53 Å². The molecule has 24 heavy (non-hydrogen) atoms. The van der Waals surface area contributed by atoms with E-state index in [1.807, 2.05) is 11.0 Å². The summed E-state index contributed by atoms with van der Waals surface area (Å²) in [6.07, 6.45) is 3.61. The minimum Gasteiger partial charge on any atom is -0.378 e. The number of halogens is 1.